The Bertz CT molecular complexity index is 986. The lowest BCUT2D eigenvalue weighted by Crippen LogP contribution is -1.90. The molecule has 0 N–H and O–H groups in total. The summed E-state index contributed by atoms with van der Waals surface area (Å²) < 4.78 is 10.8. The van der Waals surface area contributed by atoms with Gasteiger partial charge in [0.15, 0.2) is 11.5 Å². The number of benzene rings is 3. The Hall–Kier alpha value is -3.11. The first-order valence-electron chi connectivity index (χ1n) is 8.64. The summed E-state index contributed by atoms with van der Waals surface area (Å²) >= 11 is 1.69. The Balaban J connectivity index is 1.87. The Morgan fingerprint density at radius 3 is 1.93 bits per heavy atom. The number of hydrogen-bond acceptors (Lipinski definition) is 4. The molecule has 0 aliphatic carbocycles. The molecule has 0 spiro atoms. The van der Waals surface area contributed by atoms with Gasteiger partial charge in [0.2, 0.25) is 0 Å². The van der Waals surface area contributed by atoms with Crippen LogP contribution in [-0.4, -0.2) is 19.2 Å². The minimum Gasteiger partial charge on any atom is -0.493 e. The van der Waals surface area contributed by atoms with Crippen molar-refractivity contribution in [3.8, 4) is 43.8 Å². The summed E-state index contributed by atoms with van der Waals surface area (Å²) in [7, 11) is 3.29. The molecule has 4 rings (SSSR count). The first-order valence-corrected chi connectivity index (χ1v) is 9.46. The topological polar surface area (TPSA) is 31.4 Å². The molecular formula is C23H19NO2S. The molecule has 0 aliphatic rings. The lowest BCUT2D eigenvalue weighted by atomic mass is 10.1. The van der Waals surface area contributed by atoms with Crippen LogP contribution in [0, 0.1) is 0 Å². The second-order valence-electron chi connectivity index (χ2n) is 6.00. The fraction of sp³-hybridized carbons (Fsp3) is 0.0870. The maximum atomic E-state index is 5.46. The third kappa shape index (κ3) is 3.44. The van der Waals surface area contributed by atoms with Gasteiger partial charge in [0.05, 0.1) is 24.8 Å². The zero-order valence-corrected chi connectivity index (χ0v) is 16.0. The molecule has 0 radical (unpaired) electrons. The van der Waals surface area contributed by atoms with Crippen molar-refractivity contribution < 1.29 is 9.47 Å². The van der Waals surface area contributed by atoms with Crippen LogP contribution in [0.2, 0.25) is 0 Å². The summed E-state index contributed by atoms with van der Waals surface area (Å²) in [5, 5.41) is 0.952. The quantitative estimate of drug-likeness (QED) is 0.420. The van der Waals surface area contributed by atoms with Gasteiger partial charge >= 0.3 is 0 Å². The monoisotopic (exact) mass is 373 g/mol. The second kappa shape index (κ2) is 7.64. The molecule has 27 heavy (non-hydrogen) atoms. The fourth-order valence-electron chi connectivity index (χ4n) is 2.99. The first-order chi connectivity index (χ1) is 13.3. The van der Waals surface area contributed by atoms with Gasteiger partial charge in [0, 0.05) is 11.1 Å². The van der Waals surface area contributed by atoms with Gasteiger partial charge in [-0.1, -0.05) is 60.7 Å². The summed E-state index contributed by atoms with van der Waals surface area (Å²) in [5.41, 5.74) is 4.29. The zero-order chi connectivity index (χ0) is 18.6. The molecule has 3 aromatic carbocycles. The largest absolute Gasteiger partial charge is 0.493 e. The lowest BCUT2D eigenvalue weighted by Gasteiger charge is -2.08. The van der Waals surface area contributed by atoms with E-state index in [1.807, 2.05) is 42.5 Å². The molecule has 1 aromatic heterocycles. The predicted molar refractivity (Wildman–Crippen MR) is 112 cm³/mol. The highest BCUT2D eigenvalue weighted by Gasteiger charge is 2.17. The number of thiazole rings is 1. The maximum Gasteiger partial charge on any atom is 0.161 e. The van der Waals surface area contributed by atoms with Crippen molar-refractivity contribution in [3.63, 3.8) is 0 Å². The van der Waals surface area contributed by atoms with Crippen LogP contribution in [0.25, 0.3) is 32.3 Å². The zero-order valence-electron chi connectivity index (χ0n) is 15.2. The van der Waals surface area contributed by atoms with Crippen LogP contribution in [0.1, 0.15) is 0 Å². The third-order valence-electron chi connectivity index (χ3n) is 4.34. The molecule has 0 amide bonds. The molecule has 134 valence electrons. The van der Waals surface area contributed by atoms with Crippen molar-refractivity contribution in [3.05, 3.63) is 78.9 Å². The van der Waals surface area contributed by atoms with Gasteiger partial charge < -0.3 is 9.47 Å². The van der Waals surface area contributed by atoms with E-state index in [0.717, 1.165) is 26.7 Å². The number of hydrogen-bond donors (Lipinski definition) is 0. The van der Waals surface area contributed by atoms with E-state index in [2.05, 4.69) is 36.4 Å². The average molecular weight is 373 g/mol. The molecule has 1 heterocycles. The summed E-state index contributed by atoms with van der Waals surface area (Å²) in [6, 6.07) is 26.6. The van der Waals surface area contributed by atoms with E-state index in [0.29, 0.717) is 11.5 Å². The summed E-state index contributed by atoms with van der Waals surface area (Å²) in [6.07, 6.45) is 0. The number of aromatic nitrogens is 1. The number of rotatable bonds is 5. The lowest BCUT2D eigenvalue weighted by molar-refractivity contribution is 0.355. The van der Waals surface area contributed by atoms with Crippen LogP contribution in [0.5, 0.6) is 11.5 Å². The van der Waals surface area contributed by atoms with Crippen molar-refractivity contribution in [1.29, 1.82) is 0 Å². The van der Waals surface area contributed by atoms with Crippen LogP contribution in [0.4, 0.5) is 0 Å². The summed E-state index contributed by atoms with van der Waals surface area (Å²) in [6.45, 7) is 0. The molecule has 0 saturated heterocycles. The average Bonchev–Trinajstić information content (AvgIpc) is 3.20. The molecule has 0 aliphatic heterocycles. The van der Waals surface area contributed by atoms with Gasteiger partial charge in [0.25, 0.3) is 0 Å². The van der Waals surface area contributed by atoms with E-state index in [1.165, 1.54) is 5.56 Å². The molecule has 4 heteroatoms. The smallest absolute Gasteiger partial charge is 0.161 e. The van der Waals surface area contributed by atoms with Crippen molar-refractivity contribution in [2.45, 2.75) is 0 Å². The molecule has 3 nitrogen and oxygen atoms in total. The van der Waals surface area contributed by atoms with Crippen LogP contribution in [-0.2, 0) is 0 Å². The highest BCUT2D eigenvalue weighted by Crippen LogP contribution is 2.42. The minimum atomic E-state index is 0.702. The standard InChI is InChI=1S/C23H19NO2S/c1-25-19-14-13-18(15-20(19)26-2)23-24-21(16-9-5-3-6-10-16)22(27-23)17-11-7-4-8-12-17/h3-15H,1-2H3. The van der Waals surface area contributed by atoms with Crippen LogP contribution in [0.3, 0.4) is 0 Å². The first kappa shape index (κ1) is 17.3. The molecule has 0 bridgehead atoms. The van der Waals surface area contributed by atoms with Crippen LogP contribution in [0.15, 0.2) is 78.9 Å². The Labute approximate surface area is 162 Å². The van der Waals surface area contributed by atoms with Gasteiger partial charge in [-0.3, -0.25) is 0 Å². The predicted octanol–water partition coefficient (Wildman–Crippen LogP) is 6.16. The van der Waals surface area contributed by atoms with E-state index >= 15 is 0 Å². The summed E-state index contributed by atoms with van der Waals surface area (Å²) in [4.78, 5) is 6.14. The van der Waals surface area contributed by atoms with Gasteiger partial charge in [-0.05, 0) is 23.8 Å². The fourth-order valence-corrected chi connectivity index (χ4v) is 4.08. The molecule has 4 aromatic rings. The third-order valence-corrected chi connectivity index (χ3v) is 5.49. The normalized spacial score (nSPS) is 10.6. The van der Waals surface area contributed by atoms with Gasteiger partial charge in [0.1, 0.15) is 5.01 Å². The van der Waals surface area contributed by atoms with E-state index in [4.69, 9.17) is 14.5 Å². The summed E-state index contributed by atoms with van der Waals surface area (Å²) in [5.74, 6) is 1.41. The van der Waals surface area contributed by atoms with Crippen molar-refractivity contribution in [2.75, 3.05) is 14.2 Å². The number of nitrogens with zero attached hydrogens (tertiary/aromatic N) is 1. The van der Waals surface area contributed by atoms with E-state index in [-0.39, 0.29) is 0 Å². The highest BCUT2D eigenvalue weighted by atomic mass is 32.1. The van der Waals surface area contributed by atoms with Gasteiger partial charge in [-0.2, -0.15) is 0 Å². The van der Waals surface area contributed by atoms with Crippen molar-refractivity contribution in [2.24, 2.45) is 0 Å². The number of ether oxygens (including phenoxy) is 2. The van der Waals surface area contributed by atoms with E-state index in [1.54, 1.807) is 25.6 Å². The SMILES string of the molecule is COc1ccc(-c2nc(-c3ccccc3)c(-c3ccccc3)s2)cc1OC. The van der Waals surface area contributed by atoms with Crippen molar-refractivity contribution >= 4 is 11.3 Å². The second-order valence-corrected chi connectivity index (χ2v) is 7.00. The molecule has 0 saturated carbocycles. The maximum absolute atomic E-state index is 5.46. The molecule has 0 fully saturated rings. The van der Waals surface area contributed by atoms with Crippen LogP contribution < -0.4 is 9.47 Å². The molecule has 0 unspecified atom stereocenters. The Morgan fingerprint density at radius 1 is 0.667 bits per heavy atom. The van der Waals surface area contributed by atoms with Gasteiger partial charge in [-0.15, -0.1) is 11.3 Å². The van der Waals surface area contributed by atoms with Gasteiger partial charge in [-0.25, -0.2) is 4.98 Å². The number of methoxy groups -OCH3 is 2. The van der Waals surface area contributed by atoms with E-state index < -0.39 is 0 Å². The highest BCUT2D eigenvalue weighted by molar-refractivity contribution is 7.19. The molecular weight excluding hydrogens is 354 g/mol. The van der Waals surface area contributed by atoms with Crippen LogP contribution >= 0.6 is 11.3 Å². The Kier molecular flexibility index (Phi) is 4.90. The Morgan fingerprint density at radius 2 is 1.30 bits per heavy atom. The van der Waals surface area contributed by atoms with Crippen molar-refractivity contribution in [1.82, 2.24) is 4.98 Å². The molecule has 0 atom stereocenters. The minimum absolute atomic E-state index is 0.702. The van der Waals surface area contributed by atoms with E-state index in [9.17, 15) is 0 Å².